The molecule has 0 N–H and O–H groups in total. The number of benzene rings is 1. The van der Waals surface area contributed by atoms with Crippen LogP contribution in [0.5, 0.6) is 5.88 Å². The van der Waals surface area contributed by atoms with Crippen molar-refractivity contribution in [2.24, 2.45) is 0 Å². The summed E-state index contributed by atoms with van der Waals surface area (Å²) in [6.45, 7) is 0. The van der Waals surface area contributed by atoms with Crippen LogP contribution in [0.15, 0.2) is 42.5 Å². The zero-order valence-corrected chi connectivity index (χ0v) is 10.9. The molecule has 2 aromatic heterocycles. The fourth-order valence-corrected chi connectivity index (χ4v) is 2.07. The third kappa shape index (κ3) is 2.31. The van der Waals surface area contributed by atoms with Gasteiger partial charge in [0.2, 0.25) is 5.88 Å². The summed E-state index contributed by atoms with van der Waals surface area (Å²) in [5.41, 5.74) is 0.385. The summed E-state index contributed by atoms with van der Waals surface area (Å²) in [6, 6.07) is 10.0. The lowest BCUT2D eigenvalue weighted by Gasteiger charge is -2.08. The van der Waals surface area contributed by atoms with E-state index in [1.807, 2.05) is 0 Å². The van der Waals surface area contributed by atoms with Crippen LogP contribution in [0.2, 0.25) is 0 Å². The Morgan fingerprint density at radius 3 is 2.33 bits per heavy atom. The number of methoxy groups -OCH3 is 1. The molecule has 2 heterocycles. The molecular weight excluding hydrogens is 283 g/mol. The van der Waals surface area contributed by atoms with Crippen LogP contribution in [0.25, 0.3) is 17.0 Å². The first-order valence-corrected chi connectivity index (χ1v) is 6.06. The second-order valence-electron chi connectivity index (χ2n) is 4.36. The van der Waals surface area contributed by atoms with Gasteiger partial charge in [0.1, 0.15) is 0 Å². The molecule has 3 aromatic rings. The van der Waals surface area contributed by atoms with Crippen LogP contribution < -0.4 is 4.74 Å². The second kappa shape index (κ2) is 4.76. The average Bonchev–Trinajstić information content (AvgIpc) is 2.90. The Bertz CT molecular complexity index is 778. The molecule has 3 rings (SSSR count). The Morgan fingerprint density at radius 1 is 1.00 bits per heavy atom. The number of halogens is 3. The van der Waals surface area contributed by atoms with Crippen molar-refractivity contribution in [1.29, 1.82) is 0 Å². The van der Waals surface area contributed by atoms with Gasteiger partial charge in [-0.05, 0) is 24.3 Å². The van der Waals surface area contributed by atoms with E-state index in [-0.39, 0.29) is 0 Å². The molecule has 7 heteroatoms. The minimum absolute atomic E-state index is 0.427. The maximum atomic E-state index is 12.6. The molecule has 0 fully saturated rings. The largest absolute Gasteiger partial charge is 0.482 e. The number of hydrogen-bond donors (Lipinski definition) is 0. The highest BCUT2D eigenvalue weighted by Gasteiger charge is 2.30. The van der Waals surface area contributed by atoms with Crippen LogP contribution in [0.3, 0.4) is 0 Å². The summed E-state index contributed by atoms with van der Waals surface area (Å²) in [5, 5.41) is 8.00. The van der Waals surface area contributed by atoms with Crippen molar-refractivity contribution in [3.05, 3.63) is 48.0 Å². The van der Waals surface area contributed by atoms with Crippen LogP contribution in [0.4, 0.5) is 13.2 Å². The normalized spacial score (nSPS) is 11.8. The number of ether oxygens (including phenoxy) is 1. The second-order valence-corrected chi connectivity index (χ2v) is 4.36. The Hall–Kier alpha value is -2.57. The van der Waals surface area contributed by atoms with Crippen LogP contribution in [-0.2, 0) is 6.18 Å². The lowest BCUT2D eigenvalue weighted by molar-refractivity contribution is -0.137. The Morgan fingerprint density at radius 2 is 1.71 bits per heavy atom. The molecule has 0 radical (unpaired) electrons. The number of aromatic nitrogens is 3. The topological polar surface area (TPSA) is 39.4 Å². The Balaban J connectivity index is 2.13. The van der Waals surface area contributed by atoms with E-state index in [9.17, 15) is 13.2 Å². The number of hydrogen-bond acceptors (Lipinski definition) is 3. The number of alkyl halides is 3. The minimum Gasteiger partial charge on any atom is -0.482 e. The van der Waals surface area contributed by atoms with Crippen molar-refractivity contribution in [3.8, 4) is 17.3 Å². The van der Waals surface area contributed by atoms with Crippen LogP contribution in [0, 0.1) is 0 Å². The molecule has 0 amide bonds. The molecular formula is C14H10F3N3O. The molecule has 0 saturated carbocycles. The number of pyridine rings is 1. The zero-order chi connectivity index (χ0) is 15.0. The summed E-state index contributed by atoms with van der Waals surface area (Å²) in [6.07, 6.45) is -4.36. The van der Waals surface area contributed by atoms with E-state index >= 15 is 0 Å². The van der Waals surface area contributed by atoms with E-state index in [0.717, 1.165) is 12.1 Å². The first-order chi connectivity index (χ1) is 10.0. The summed E-state index contributed by atoms with van der Waals surface area (Å²) < 4.78 is 44.6. The quantitative estimate of drug-likeness (QED) is 0.726. The molecule has 0 aliphatic heterocycles. The molecule has 0 unspecified atom stereocenters. The number of rotatable bonds is 2. The smallest absolute Gasteiger partial charge is 0.416 e. The van der Waals surface area contributed by atoms with Gasteiger partial charge in [0.25, 0.3) is 0 Å². The van der Waals surface area contributed by atoms with Gasteiger partial charge >= 0.3 is 6.18 Å². The molecule has 108 valence electrons. The standard InChI is InChI=1S/C14H10F3N3O/c1-21-12-4-2-3-11-18-19-13(20(11)12)9-5-7-10(8-6-9)14(15,16)17/h2-8H,1H3. The van der Waals surface area contributed by atoms with Crippen molar-refractivity contribution in [1.82, 2.24) is 14.6 Å². The maximum Gasteiger partial charge on any atom is 0.416 e. The van der Waals surface area contributed by atoms with Crippen molar-refractivity contribution in [3.63, 3.8) is 0 Å². The molecule has 0 aliphatic rings. The van der Waals surface area contributed by atoms with Crippen molar-refractivity contribution < 1.29 is 17.9 Å². The molecule has 0 bridgehead atoms. The highest BCUT2D eigenvalue weighted by molar-refractivity contribution is 5.61. The predicted molar refractivity (Wildman–Crippen MR) is 70.0 cm³/mol. The van der Waals surface area contributed by atoms with Gasteiger partial charge in [-0.25, -0.2) is 4.40 Å². The third-order valence-electron chi connectivity index (χ3n) is 3.07. The fraction of sp³-hybridized carbons (Fsp3) is 0.143. The Kier molecular flexibility index (Phi) is 3.04. The van der Waals surface area contributed by atoms with Gasteiger partial charge in [0.15, 0.2) is 11.5 Å². The summed E-state index contributed by atoms with van der Waals surface area (Å²) in [7, 11) is 1.51. The minimum atomic E-state index is -4.36. The highest BCUT2D eigenvalue weighted by atomic mass is 19.4. The number of nitrogens with zero attached hydrogens (tertiary/aromatic N) is 3. The van der Waals surface area contributed by atoms with E-state index in [4.69, 9.17) is 4.74 Å². The van der Waals surface area contributed by atoms with Crippen molar-refractivity contribution >= 4 is 5.65 Å². The summed E-state index contributed by atoms with van der Waals surface area (Å²) in [5.74, 6) is 0.934. The lowest BCUT2D eigenvalue weighted by Crippen LogP contribution is -2.04. The van der Waals surface area contributed by atoms with Crippen molar-refractivity contribution in [2.75, 3.05) is 7.11 Å². The fourth-order valence-electron chi connectivity index (χ4n) is 2.07. The summed E-state index contributed by atoms with van der Waals surface area (Å²) >= 11 is 0. The molecule has 0 spiro atoms. The first kappa shape index (κ1) is 13.4. The van der Waals surface area contributed by atoms with Gasteiger partial charge in [-0.2, -0.15) is 13.2 Å². The zero-order valence-electron chi connectivity index (χ0n) is 10.9. The van der Waals surface area contributed by atoms with Gasteiger partial charge in [-0.3, -0.25) is 0 Å². The SMILES string of the molecule is COc1cccc2nnc(-c3ccc(C(F)(F)F)cc3)n12. The van der Waals surface area contributed by atoms with E-state index in [1.165, 1.54) is 19.2 Å². The highest BCUT2D eigenvalue weighted by Crippen LogP contribution is 2.31. The molecule has 21 heavy (non-hydrogen) atoms. The predicted octanol–water partition coefficient (Wildman–Crippen LogP) is 3.42. The van der Waals surface area contributed by atoms with Gasteiger partial charge < -0.3 is 4.74 Å². The molecule has 0 aliphatic carbocycles. The van der Waals surface area contributed by atoms with Gasteiger partial charge in [-0.15, -0.1) is 10.2 Å². The van der Waals surface area contributed by atoms with E-state index < -0.39 is 11.7 Å². The first-order valence-electron chi connectivity index (χ1n) is 6.06. The molecule has 1 aromatic carbocycles. The van der Waals surface area contributed by atoms with Crippen LogP contribution in [0.1, 0.15) is 5.56 Å². The summed E-state index contributed by atoms with van der Waals surface area (Å²) in [4.78, 5) is 0. The van der Waals surface area contributed by atoms with Gasteiger partial charge in [0, 0.05) is 5.56 Å². The van der Waals surface area contributed by atoms with Crippen LogP contribution >= 0.6 is 0 Å². The maximum absolute atomic E-state index is 12.6. The lowest BCUT2D eigenvalue weighted by atomic mass is 10.1. The third-order valence-corrected chi connectivity index (χ3v) is 3.07. The molecule has 0 saturated heterocycles. The van der Waals surface area contributed by atoms with Crippen molar-refractivity contribution in [2.45, 2.75) is 6.18 Å². The van der Waals surface area contributed by atoms with Gasteiger partial charge in [0.05, 0.1) is 12.7 Å². The monoisotopic (exact) mass is 293 g/mol. The van der Waals surface area contributed by atoms with E-state index in [0.29, 0.717) is 22.9 Å². The molecule has 4 nitrogen and oxygen atoms in total. The Labute approximate surface area is 117 Å². The van der Waals surface area contributed by atoms with E-state index in [2.05, 4.69) is 10.2 Å². The van der Waals surface area contributed by atoms with E-state index in [1.54, 1.807) is 22.6 Å². The molecule has 0 atom stereocenters. The van der Waals surface area contributed by atoms with Crippen LogP contribution in [-0.4, -0.2) is 21.7 Å². The van der Waals surface area contributed by atoms with Gasteiger partial charge in [-0.1, -0.05) is 18.2 Å². The number of fused-ring (bicyclic) bond motifs is 1. The average molecular weight is 293 g/mol.